The molecule has 3 rings (SSSR count). The van der Waals surface area contributed by atoms with E-state index in [9.17, 15) is 32.9 Å². The van der Waals surface area contributed by atoms with Gasteiger partial charge in [0.2, 0.25) is 11.8 Å². The summed E-state index contributed by atoms with van der Waals surface area (Å²) >= 11 is 0. The molecule has 1 atom stereocenters. The van der Waals surface area contributed by atoms with Crippen LogP contribution in [0.2, 0.25) is 0 Å². The first-order valence-electron chi connectivity index (χ1n) is 10.1. The van der Waals surface area contributed by atoms with Gasteiger partial charge in [-0.25, -0.2) is 0 Å². The zero-order chi connectivity index (χ0) is 22.9. The van der Waals surface area contributed by atoms with E-state index < -0.39 is 28.4 Å². The monoisotopic (exact) mass is 442 g/mol. The molecule has 2 amide bonds. The molecule has 2 aliphatic heterocycles. The van der Waals surface area contributed by atoms with E-state index in [0.717, 1.165) is 18.6 Å². The first-order valence-corrected chi connectivity index (χ1v) is 10.1. The molecule has 0 bridgehead atoms. The van der Waals surface area contributed by atoms with E-state index in [1.54, 1.807) is 23.9 Å². The standard InChI is InChI=1S/C20H25F3N4O4/c1-24(2)19(29)16-4-3-9-26(16)18(28)13-7-10-25(11-8-13)15-6-5-14(20(21,22)23)12-17(15)27(30)31/h5-6,12-13,16H,3-4,7-11H2,1-2H3. The Labute approximate surface area is 177 Å². The first kappa shape index (κ1) is 22.8. The molecule has 1 aromatic carbocycles. The molecular formula is C20H25F3N4O4. The minimum absolute atomic E-state index is 0.0979. The van der Waals surface area contributed by atoms with Crippen LogP contribution in [-0.2, 0) is 15.8 Å². The Kier molecular flexibility index (Phi) is 6.42. The molecule has 2 heterocycles. The lowest BCUT2D eigenvalue weighted by Gasteiger charge is -2.35. The molecule has 0 radical (unpaired) electrons. The molecule has 0 aliphatic carbocycles. The molecule has 0 saturated carbocycles. The summed E-state index contributed by atoms with van der Waals surface area (Å²) in [7, 11) is 3.30. The summed E-state index contributed by atoms with van der Waals surface area (Å²) in [4.78, 5) is 40.7. The molecule has 31 heavy (non-hydrogen) atoms. The Hall–Kier alpha value is -2.85. The van der Waals surface area contributed by atoms with Crippen molar-refractivity contribution in [1.29, 1.82) is 0 Å². The third-order valence-electron chi connectivity index (χ3n) is 5.95. The van der Waals surface area contributed by atoms with E-state index in [-0.39, 0.29) is 23.4 Å². The second kappa shape index (κ2) is 8.72. The van der Waals surface area contributed by atoms with Crippen LogP contribution in [0.15, 0.2) is 18.2 Å². The predicted octanol–water partition coefficient (Wildman–Crippen LogP) is 2.91. The zero-order valence-electron chi connectivity index (χ0n) is 17.4. The summed E-state index contributed by atoms with van der Waals surface area (Å²) in [6.07, 6.45) is -2.46. The second-order valence-corrected chi connectivity index (χ2v) is 8.14. The van der Waals surface area contributed by atoms with Crippen LogP contribution in [0.1, 0.15) is 31.2 Å². The minimum atomic E-state index is -4.67. The Morgan fingerprint density at radius 1 is 1.13 bits per heavy atom. The summed E-state index contributed by atoms with van der Waals surface area (Å²) in [6, 6.07) is 2.04. The van der Waals surface area contributed by atoms with Crippen LogP contribution in [0.4, 0.5) is 24.5 Å². The quantitative estimate of drug-likeness (QED) is 0.529. The molecule has 1 unspecified atom stereocenters. The average molecular weight is 442 g/mol. The largest absolute Gasteiger partial charge is 0.416 e. The average Bonchev–Trinajstić information content (AvgIpc) is 3.21. The molecule has 2 aliphatic rings. The van der Waals surface area contributed by atoms with Crippen molar-refractivity contribution in [2.24, 2.45) is 5.92 Å². The van der Waals surface area contributed by atoms with E-state index in [0.29, 0.717) is 45.0 Å². The van der Waals surface area contributed by atoms with Gasteiger partial charge in [0.1, 0.15) is 11.7 Å². The summed E-state index contributed by atoms with van der Waals surface area (Å²) in [6.45, 7) is 1.14. The molecule has 8 nitrogen and oxygen atoms in total. The van der Waals surface area contributed by atoms with E-state index in [4.69, 9.17) is 0 Å². The van der Waals surface area contributed by atoms with Crippen molar-refractivity contribution >= 4 is 23.2 Å². The smallest absolute Gasteiger partial charge is 0.366 e. The maximum Gasteiger partial charge on any atom is 0.416 e. The maximum atomic E-state index is 13.0. The van der Waals surface area contributed by atoms with Gasteiger partial charge in [0.05, 0.1) is 10.5 Å². The Balaban J connectivity index is 1.70. The SMILES string of the molecule is CN(C)C(=O)C1CCCN1C(=O)C1CCN(c2ccc(C(F)(F)F)cc2[N+](=O)[O-])CC1. The number of alkyl halides is 3. The van der Waals surface area contributed by atoms with E-state index in [1.165, 1.54) is 4.90 Å². The van der Waals surface area contributed by atoms with Crippen LogP contribution < -0.4 is 4.90 Å². The molecule has 0 N–H and O–H groups in total. The number of carbonyl (C=O) groups is 2. The fourth-order valence-electron chi connectivity index (χ4n) is 4.30. The van der Waals surface area contributed by atoms with Gasteiger partial charge >= 0.3 is 6.18 Å². The number of hydrogen-bond acceptors (Lipinski definition) is 5. The Bertz CT molecular complexity index is 866. The maximum absolute atomic E-state index is 13.0. The van der Waals surface area contributed by atoms with Crippen molar-refractivity contribution in [3.63, 3.8) is 0 Å². The number of carbonyl (C=O) groups excluding carboxylic acids is 2. The fraction of sp³-hybridized carbons (Fsp3) is 0.600. The van der Waals surface area contributed by atoms with Crippen molar-refractivity contribution in [3.8, 4) is 0 Å². The topological polar surface area (TPSA) is 87.0 Å². The van der Waals surface area contributed by atoms with Gasteiger partial charge in [0.15, 0.2) is 0 Å². The van der Waals surface area contributed by atoms with Gasteiger partial charge in [-0.2, -0.15) is 13.2 Å². The molecule has 0 spiro atoms. The fourth-order valence-corrected chi connectivity index (χ4v) is 4.30. The molecule has 170 valence electrons. The van der Waals surface area contributed by atoms with Crippen LogP contribution in [0, 0.1) is 16.0 Å². The highest BCUT2D eigenvalue weighted by Gasteiger charge is 2.39. The van der Waals surface area contributed by atoms with Crippen LogP contribution >= 0.6 is 0 Å². The van der Waals surface area contributed by atoms with Gasteiger partial charge in [0.25, 0.3) is 5.69 Å². The third kappa shape index (κ3) is 4.75. The normalized spacial score (nSPS) is 20.1. The summed E-state index contributed by atoms with van der Waals surface area (Å²) < 4.78 is 38.8. The second-order valence-electron chi connectivity index (χ2n) is 8.14. The summed E-state index contributed by atoms with van der Waals surface area (Å²) in [5, 5.41) is 11.4. The summed E-state index contributed by atoms with van der Waals surface area (Å²) in [5.74, 6) is -0.525. The van der Waals surface area contributed by atoms with Crippen LogP contribution in [0.25, 0.3) is 0 Å². The highest BCUT2D eigenvalue weighted by atomic mass is 19.4. The lowest BCUT2D eigenvalue weighted by Crippen LogP contribution is -2.49. The number of nitro benzene ring substituents is 1. The number of benzene rings is 1. The number of nitrogens with zero attached hydrogens (tertiary/aromatic N) is 4. The number of hydrogen-bond donors (Lipinski definition) is 0. The third-order valence-corrected chi connectivity index (χ3v) is 5.95. The lowest BCUT2D eigenvalue weighted by atomic mass is 9.94. The number of amides is 2. The molecule has 11 heteroatoms. The van der Waals surface area contributed by atoms with Gasteiger partial charge < -0.3 is 14.7 Å². The van der Waals surface area contributed by atoms with E-state index >= 15 is 0 Å². The predicted molar refractivity (Wildman–Crippen MR) is 106 cm³/mol. The van der Waals surface area contributed by atoms with Crippen molar-refractivity contribution in [2.75, 3.05) is 38.6 Å². The van der Waals surface area contributed by atoms with Crippen LogP contribution in [0.5, 0.6) is 0 Å². The van der Waals surface area contributed by atoms with Crippen LogP contribution in [0.3, 0.4) is 0 Å². The van der Waals surface area contributed by atoms with Crippen molar-refractivity contribution < 1.29 is 27.7 Å². The van der Waals surface area contributed by atoms with Gasteiger partial charge in [-0.15, -0.1) is 0 Å². The first-order chi connectivity index (χ1) is 14.5. The number of halogens is 3. The van der Waals surface area contributed by atoms with Crippen molar-refractivity contribution in [3.05, 3.63) is 33.9 Å². The van der Waals surface area contributed by atoms with Gasteiger partial charge in [-0.05, 0) is 37.8 Å². The number of nitro groups is 1. The molecule has 0 aromatic heterocycles. The minimum Gasteiger partial charge on any atom is -0.366 e. The number of rotatable bonds is 4. The number of likely N-dealkylation sites (N-methyl/N-ethyl adjacent to an activating group) is 1. The highest BCUT2D eigenvalue weighted by molar-refractivity contribution is 5.89. The molecule has 2 saturated heterocycles. The van der Waals surface area contributed by atoms with Crippen molar-refractivity contribution in [1.82, 2.24) is 9.80 Å². The molecule has 2 fully saturated rings. The summed E-state index contributed by atoms with van der Waals surface area (Å²) in [5.41, 5.74) is -1.56. The van der Waals surface area contributed by atoms with E-state index in [2.05, 4.69) is 0 Å². The van der Waals surface area contributed by atoms with Gasteiger partial charge in [0, 0.05) is 45.7 Å². The lowest BCUT2D eigenvalue weighted by molar-refractivity contribution is -0.384. The number of piperidine rings is 1. The van der Waals surface area contributed by atoms with Crippen LogP contribution in [-0.4, -0.2) is 66.3 Å². The highest BCUT2D eigenvalue weighted by Crippen LogP contribution is 2.38. The Morgan fingerprint density at radius 2 is 1.77 bits per heavy atom. The number of likely N-dealkylation sites (tertiary alicyclic amines) is 1. The number of anilines is 1. The van der Waals surface area contributed by atoms with Gasteiger partial charge in [-0.3, -0.25) is 19.7 Å². The molecule has 1 aromatic rings. The van der Waals surface area contributed by atoms with E-state index in [1.807, 2.05) is 0 Å². The molecular weight excluding hydrogens is 417 g/mol. The van der Waals surface area contributed by atoms with Crippen molar-refractivity contribution in [2.45, 2.75) is 37.9 Å². The van der Waals surface area contributed by atoms with Gasteiger partial charge in [-0.1, -0.05) is 0 Å². The Morgan fingerprint density at radius 3 is 2.32 bits per heavy atom. The zero-order valence-corrected chi connectivity index (χ0v) is 17.4.